The van der Waals surface area contributed by atoms with Crippen molar-refractivity contribution in [3.63, 3.8) is 0 Å². The van der Waals surface area contributed by atoms with Gasteiger partial charge in [0.05, 0.1) is 14.2 Å². The van der Waals surface area contributed by atoms with Crippen LogP contribution in [0, 0.1) is 0 Å². The summed E-state index contributed by atoms with van der Waals surface area (Å²) in [6.07, 6.45) is 0.656. The number of rotatable bonds is 7. The number of ether oxygens (including phenoxy) is 2. The van der Waals surface area contributed by atoms with Crippen molar-refractivity contribution in [1.29, 1.82) is 0 Å². The van der Waals surface area contributed by atoms with E-state index in [2.05, 4.69) is 10.6 Å². The maximum atomic E-state index is 12.1. The van der Waals surface area contributed by atoms with Crippen LogP contribution in [0.5, 0.6) is 11.5 Å². The molecule has 0 saturated carbocycles. The van der Waals surface area contributed by atoms with Crippen LogP contribution in [0.15, 0.2) is 18.2 Å². The van der Waals surface area contributed by atoms with E-state index in [4.69, 9.17) is 9.47 Å². The zero-order chi connectivity index (χ0) is 15.0. The molecule has 0 aliphatic rings. The molecule has 110 valence electrons. The molecule has 0 aromatic heterocycles. The van der Waals surface area contributed by atoms with Crippen LogP contribution in [0.3, 0.4) is 0 Å². The van der Waals surface area contributed by atoms with Crippen LogP contribution in [0.25, 0.3) is 0 Å². The van der Waals surface area contributed by atoms with Gasteiger partial charge >= 0.3 is 0 Å². The largest absolute Gasteiger partial charge is 0.496 e. The zero-order valence-corrected chi connectivity index (χ0v) is 12.0. The molecular formula is C14H20N2O4. The molecule has 0 atom stereocenters. The molecule has 1 aromatic carbocycles. The Morgan fingerprint density at radius 1 is 1.05 bits per heavy atom. The normalized spacial score (nSPS) is 9.75. The topological polar surface area (TPSA) is 76.7 Å². The first-order valence-electron chi connectivity index (χ1n) is 6.33. The second-order valence-corrected chi connectivity index (χ2v) is 4.13. The minimum atomic E-state index is -0.262. The van der Waals surface area contributed by atoms with Crippen molar-refractivity contribution in [2.75, 3.05) is 27.3 Å². The van der Waals surface area contributed by atoms with Crippen LogP contribution in [-0.2, 0) is 4.79 Å². The zero-order valence-electron chi connectivity index (χ0n) is 12.0. The van der Waals surface area contributed by atoms with Gasteiger partial charge in [-0.05, 0) is 18.6 Å². The average Bonchev–Trinajstić information content (AvgIpc) is 2.45. The van der Waals surface area contributed by atoms with Crippen LogP contribution < -0.4 is 20.1 Å². The Bertz CT molecular complexity index is 452. The quantitative estimate of drug-likeness (QED) is 0.729. The summed E-state index contributed by atoms with van der Waals surface area (Å²) < 4.78 is 10.3. The van der Waals surface area contributed by atoms with E-state index < -0.39 is 0 Å². The van der Waals surface area contributed by atoms with Gasteiger partial charge in [-0.25, -0.2) is 0 Å². The smallest absolute Gasteiger partial charge is 0.258 e. The Morgan fingerprint density at radius 3 is 2.10 bits per heavy atom. The van der Waals surface area contributed by atoms with E-state index in [9.17, 15) is 9.59 Å². The van der Waals surface area contributed by atoms with Gasteiger partial charge in [-0.1, -0.05) is 6.07 Å². The average molecular weight is 280 g/mol. The number of carbonyl (C=O) groups is 2. The lowest BCUT2D eigenvalue weighted by Crippen LogP contribution is -2.29. The standard InChI is InChI=1S/C14H20N2O4/c1-10(17)15-8-5-9-16-14(18)13-11(19-2)6-4-7-12(13)20-3/h4,6-7H,5,8-9H2,1-3H3,(H,15,17)(H,16,18). The number of hydrogen-bond donors (Lipinski definition) is 2. The molecule has 0 saturated heterocycles. The number of hydrogen-bond acceptors (Lipinski definition) is 4. The molecular weight excluding hydrogens is 260 g/mol. The Kier molecular flexibility index (Phi) is 6.36. The Balaban J connectivity index is 2.61. The maximum Gasteiger partial charge on any atom is 0.258 e. The molecule has 0 fully saturated rings. The number of amides is 2. The molecule has 0 heterocycles. The van der Waals surface area contributed by atoms with E-state index in [1.807, 2.05) is 0 Å². The van der Waals surface area contributed by atoms with Gasteiger partial charge in [0, 0.05) is 20.0 Å². The molecule has 0 aliphatic carbocycles. The predicted molar refractivity (Wildman–Crippen MR) is 75.2 cm³/mol. The van der Waals surface area contributed by atoms with Gasteiger partial charge in [-0.2, -0.15) is 0 Å². The predicted octanol–water partition coefficient (Wildman–Crippen LogP) is 0.960. The second kappa shape index (κ2) is 8.04. The van der Waals surface area contributed by atoms with Crippen LogP contribution in [0.4, 0.5) is 0 Å². The molecule has 0 unspecified atom stereocenters. The van der Waals surface area contributed by atoms with Crippen LogP contribution >= 0.6 is 0 Å². The highest BCUT2D eigenvalue weighted by Gasteiger charge is 2.17. The van der Waals surface area contributed by atoms with Crippen molar-refractivity contribution < 1.29 is 19.1 Å². The third-order valence-electron chi connectivity index (χ3n) is 2.67. The summed E-state index contributed by atoms with van der Waals surface area (Å²) in [6.45, 7) is 2.44. The summed E-state index contributed by atoms with van der Waals surface area (Å²) in [5.74, 6) is 0.581. The minimum absolute atomic E-state index is 0.0808. The molecule has 6 heteroatoms. The van der Waals surface area contributed by atoms with E-state index in [1.54, 1.807) is 18.2 Å². The first kappa shape index (κ1) is 15.8. The van der Waals surface area contributed by atoms with Gasteiger partial charge in [0.2, 0.25) is 5.91 Å². The SMILES string of the molecule is COc1cccc(OC)c1C(=O)NCCCNC(C)=O. The third-order valence-corrected chi connectivity index (χ3v) is 2.67. The van der Waals surface area contributed by atoms with Crippen molar-refractivity contribution in [3.05, 3.63) is 23.8 Å². The van der Waals surface area contributed by atoms with Gasteiger partial charge in [-0.15, -0.1) is 0 Å². The highest BCUT2D eigenvalue weighted by Crippen LogP contribution is 2.27. The molecule has 1 aromatic rings. The molecule has 0 radical (unpaired) electrons. The lowest BCUT2D eigenvalue weighted by Gasteiger charge is -2.13. The highest BCUT2D eigenvalue weighted by atomic mass is 16.5. The lowest BCUT2D eigenvalue weighted by atomic mass is 10.1. The van der Waals surface area contributed by atoms with Crippen molar-refractivity contribution in [2.45, 2.75) is 13.3 Å². The molecule has 20 heavy (non-hydrogen) atoms. The van der Waals surface area contributed by atoms with Crippen molar-refractivity contribution in [3.8, 4) is 11.5 Å². The van der Waals surface area contributed by atoms with Crippen molar-refractivity contribution >= 4 is 11.8 Å². The van der Waals surface area contributed by atoms with Crippen LogP contribution in [-0.4, -0.2) is 39.1 Å². The first-order valence-corrected chi connectivity index (χ1v) is 6.33. The summed E-state index contributed by atoms with van der Waals surface area (Å²) in [5, 5.41) is 5.44. The van der Waals surface area contributed by atoms with Gasteiger partial charge in [-0.3, -0.25) is 9.59 Å². The number of nitrogens with one attached hydrogen (secondary N) is 2. The van der Waals surface area contributed by atoms with E-state index in [0.717, 1.165) is 0 Å². The van der Waals surface area contributed by atoms with Gasteiger partial charge in [0.1, 0.15) is 17.1 Å². The summed E-state index contributed by atoms with van der Waals surface area (Å²) in [7, 11) is 3.00. The van der Waals surface area contributed by atoms with E-state index in [0.29, 0.717) is 36.6 Å². The van der Waals surface area contributed by atoms with E-state index in [-0.39, 0.29) is 11.8 Å². The van der Waals surface area contributed by atoms with Gasteiger partial charge < -0.3 is 20.1 Å². The lowest BCUT2D eigenvalue weighted by molar-refractivity contribution is -0.118. The monoisotopic (exact) mass is 280 g/mol. The van der Waals surface area contributed by atoms with Gasteiger partial charge in [0.25, 0.3) is 5.91 Å². The minimum Gasteiger partial charge on any atom is -0.496 e. The molecule has 6 nitrogen and oxygen atoms in total. The summed E-state index contributed by atoms with van der Waals surface area (Å²) in [6, 6.07) is 5.16. The van der Waals surface area contributed by atoms with E-state index in [1.165, 1.54) is 21.1 Å². The maximum absolute atomic E-state index is 12.1. The fourth-order valence-corrected chi connectivity index (χ4v) is 1.72. The highest BCUT2D eigenvalue weighted by molar-refractivity contribution is 5.99. The molecule has 0 spiro atoms. The van der Waals surface area contributed by atoms with Gasteiger partial charge in [0.15, 0.2) is 0 Å². The Labute approximate surface area is 118 Å². The fraction of sp³-hybridized carbons (Fsp3) is 0.429. The number of benzene rings is 1. The van der Waals surface area contributed by atoms with Crippen molar-refractivity contribution in [1.82, 2.24) is 10.6 Å². The molecule has 1 rings (SSSR count). The Hall–Kier alpha value is -2.24. The molecule has 2 N–H and O–H groups in total. The molecule has 0 aliphatic heterocycles. The van der Waals surface area contributed by atoms with Crippen molar-refractivity contribution in [2.24, 2.45) is 0 Å². The fourth-order valence-electron chi connectivity index (χ4n) is 1.72. The number of carbonyl (C=O) groups excluding carboxylic acids is 2. The summed E-state index contributed by atoms with van der Waals surface area (Å²) in [4.78, 5) is 22.8. The first-order chi connectivity index (χ1) is 9.60. The molecule has 2 amide bonds. The van der Waals surface area contributed by atoms with Crippen LogP contribution in [0.2, 0.25) is 0 Å². The summed E-state index contributed by atoms with van der Waals surface area (Å²) >= 11 is 0. The summed E-state index contributed by atoms with van der Waals surface area (Å²) in [5.41, 5.74) is 0.372. The third kappa shape index (κ3) is 4.46. The van der Waals surface area contributed by atoms with E-state index >= 15 is 0 Å². The molecule has 0 bridgehead atoms. The second-order valence-electron chi connectivity index (χ2n) is 4.13. The van der Waals surface area contributed by atoms with Crippen LogP contribution in [0.1, 0.15) is 23.7 Å². The number of methoxy groups -OCH3 is 2. The Morgan fingerprint density at radius 2 is 1.60 bits per heavy atom.